The molecule has 2 aliphatic rings. The molecule has 2 heterocycles. The molecule has 0 spiro atoms. The van der Waals surface area contributed by atoms with Gasteiger partial charge >= 0.3 is 0 Å². The third-order valence-corrected chi connectivity index (χ3v) is 6.31. The van der Waals surface area contributed by atoms with E-state index in [0.717, 1.165) is 41.3 Å². The minimum absolute atomic E-state index is 0.0460. The summed E-state index contributed by atoms with van der Waals surface area (Å²) in [5.74, 6) is 0.994. The van der Waals surface area contributed by atoms with E-state index in [0.29, 0.717) is 6.42 Å². The SMILES string of the molecule is CC12C=C(C#N)C(=O)CC1CCc1c2nc(-c2ccncc2)n1-c1ccccc1. The molecule has 5 rings (SSSR count). The summed E-state index contributed by atoms with van der Waals surface area (Å²) in [5.41, 5.74) is 4.03. The molecule has 2 aliphatic carbocycles. The van der Waals surface area contributed by atoms with E-state index in [1.165, 1.54) is 0 Å². The number of carbonyl (C=O) groups excluding carboxylic acids is 1. The Morgan fingerprint density at radius 1 is 1.17 bits per heavy atom. The van der Waals surface area contributed by atoms with Crippen molar-refractivity contribution in [1.29, 1.82) is 5.26 Å². The maximum Gasteiger partial charge on any atom is 0.173 e. The normalized spacial score (nSPS) is 23.0. The topological polar surface area (TPSA) is 71.6 Å². The molecule has 0 fully saturated rings. The molecule has 5 heteroatoms. The van der Waals surface area contributed by atoms with E-state index in [9.17, 15) is 10.1 Å². The first-order chi connectivity index (χ1) is 14.1. The molecule has 29 heavy (non-hydrogen) atoms. The van der Waals surface area contributed by atoms with Crippen LogP contribution in [-0.4, -0.2) is 20.3 Å². The van der Waals surface area contributed by atoms with Crippen LogP contribution in [0.25, 0.3) is 17.1 Å². The first-order valence-corrected chi connectivity index (χ1v) is 9.86. The summed E-state index contributed by atoms with van der Waals surface area (Å²) >= 11 is 0. The Morgan fingerprint density at radius 2 is 1.93 bits per heavy atom. The van der Waals surface area contributed by atoms with Crippen LogP contribution in [0, 0.1) is 17.2 Å². The lowest BCUT2D eigenvalue weighted by atomic mass is 9.62. The average molecular weight is 380 g/mol. The van der Waals surface area contributed by atoms with Crippen molar-refractivity contribution in [2.45, 2.75) is 31.6 Å². The van der Waals surface area contributed by atoms with Crippen LogP contribution in [0.15, 0.2) is 66.5 Å². The van der Waals surface area contributed by atoms with E-state index in [1.54, 1.807) is 12.4 Å². The molecule has 0 saturated heterocycles. The van der Waals surface area contributed by atoms with Crippen LogP contribution in [-0.2, 0) is 16.6 Å². The molecule has 5 nitrogen and oxygen atoms in total. The van der Waals surface area contributed by atoms with Crippen LogP contribution in [0.5, 0.6) is 0 Å². The van der Waals surface area contributed by atoms with Crippen molar-refractivity contribution < 1.29 is 4.79 Å². The maximum absolute atomic E-state index is 12.3. The molecule has 142 valence electrons. The first-order valence-electron chi connectivity index (χ1n) is 9.86. The number of Topliss-reactive ketones (excluding diaryl/α,β-unsaturated/α-hetero) is 1. The van der Waals surface area contributed by atoms with E-state index in [4.69, 9.17) is 4.98 Å². The number of para-hydroxylation sites is 1. The second-order valence-electron chi connectivity index (χ2n) is 7.95. The van der Waals surface area contributed by atoms with E-state index in [2.05, 4.69) is 34.7 Å². The fraction of sp³-hybridized carbons (Fsp3) is 0.250. The molecular formula is C24H20N4O. The molecule has 2 atom stereocenters. The standard InChI is InChI=1S/C24H20N4O/c1-24-14-17(15-25)21(29)13-18(24)7-8-20-22(24)27-23(16-9-11-26-12-10-16)28(20)19-5-3-2-4-6-19/h2-6,9-12,14,18H,7-8,13H2,1H3. The van der Waals surface area contributed by atoms with Gasteiger partial charge in [0.05, 0.1) is 11.3 Å². The molecule has 0 radical (unpaired) electrons. The molecule has 0 saturated carbocycles. The lowest BCUT2D eigenvalue weighted by Gasteiger charge is -2.41. The summed E-state index contributed by atoms with van der Waals surface area (Å²) in [7, 11) is 0. The van der Waals surface area contributed by atoms with Crippen molar-refractivity contribution in [3.8, 4) is 23.1 Å². The van der Waals surface area contributed by atoms with Crippen molar-refractivity contribution in [2.24, 2.45) is 5.92 Å². The lowest BCUT2D eigenvalue weighted by Crippen LogP contribution is -2.40. The van der Waals surface area contributed by atoms with Crippen LogP contribution in [0.2, 0.25) is 0 Å². The summed E-state index contributed by atoms with van der Waals surface area (Å²) in [5, 5.41) is 9.46. The summed E-state index contributed by atoms with van der Waals surface area (Å²) in [6, 6.07) is 16.3. The number of hydrogen-bond acceptors (Lipinski definition) is 4. The number of imidazole rings is 1. The fourth-order valence-corrected chi connectivity index (χ4v) is 4.78. The minimum Gasteiger partial charge on any atom is -0.296 e. The number of allylic oxidation sites excluding steroid dienone is 2. The number of carbonyl (C=O) groups is 1. The first kappa shape index (κ1) is 17.6. The fourth-order valence-electron chi connectivity index (χ4n) is 4.78. The smallest absolute Gasteiger partial charge is 0.173 e. The van der Waals surface area contributed by atoms with Crippen LogP contribution < -0.4 is 0 Å². The highest BCUT2D eigenvalue weighted by molar-refractivity contribution is 6.00. The number of nitriles is 1. The molecule has 0 N–H and O–H groups in total. The van der Waals surface area contributed by atoms with Crippen LogP contribution in [0.4, 0.5) is 0 Å². The summed E-state index contributed by atoms with van der Waals surface area (Å²) in [6.07, 6.45) is 7.58. The van der Waals surface area contributed by atoms with E-state index in [-0.39, 0.29) is 17.3 Å². The van der Waals surface area contributed by atoms with Crippen LogP contribution in [0.3, 0.4) is 0 Å². The molecule has 3 aromatic rings. The van der Waals surface area contributed by atoms with Crippen molar-refractivity contribution >= 4 is 5.78 Å². The third kappa shape index (κ3) is 2.64. The summed E-state index contributed by atoms with van der Waals surface area (Å²) < 4.78 is 2.22. The van der Waals surface area contributed by atoms with Gasteiger partial charge in [-0.3, -0.25) is 14.3 Å². The number of fused-ring (bicyclic) bond motifs is 3. The molecule has 1 aromatic carbocycles. The Hall–Kier alpha value is -3.52. The Bertz CT molecular complexity index is 1170. The van der Waals surface area contributed by atoms with Crippen molar-refractivity contribution in [3.63, 3.8) is 0 Å². The Labute approximate surface area is 169 Å². The van der Waals surface area contributed by atoms with Gasteiger partial charge in [0, 0.05) is 41.2 Å². The number of nitrogens with zero attached hydrogens (tertiary/aromatic N) is 4. The molecule has 0 aliphatic heterocycles. The average Bonchev–Trinajstić information content (AvgIpc) is 3.16. The van der Waals surface area contributed by atoms with Crippen molar-refractivity contribution in [2.75, 3.05) is 0 Å². The zero-order valence-corrected chi connectivity index (χ0v) is 16.2. The molecule has 2 aromatic heterocycles. The predicted molar refractivity (Wildman–Crippen MR) is 109 cm³/mol. The monoisotopic (exact) mass is 380 g/mol. The minimum atomic E-state index is -0.422. The van der Waals surface area contributed by atoms with Gasteiger partial charge in [-0.2, -0.15) is 5.26 Å². The quantitative estimate of drug-likeness (QED) is 0.669. The second kappa shape index (κ2) is 6.52. The number of aromatic nitrogens is 3. The highest BCUT2D eigenvalue weighted by Gasteiger charge is 2.47. The largest absolute Gasteiger partial charge is 0.296 e. The number of hydrogen-bond donors (Lipinski definition) is 0. The number of pyridine rings is 1. The van der Waals surface area contributed by atoms with Gasteiger partial charge in [-0.15, -0.1) is 0 Å². The molecular weight excluding hydrogens is 360 g/mol. The van der Waals surface area contributed by atoms with E-state index >= 15 is 0 Å². The van der Waals surface area contributed by atoms with Gasteiger partial charge in [-0.05, 0) is 43.0 Å². The Balaban J connectivity index is 1.79. The molecule has 0 bridgehead atoms. The van der Waals surface area contributed by atoms with Gasteiger partial charge in [0.15, 0.2) is 5.78 Å². The summed E-state index contributed by atoms with van der Waals surface area (Å²) in [4.78, 5) is 21.6. The zero-order chi connectivity index (χ0) is 20.0. The second-order valence-corrected chi connectivity index (χ2v) is 7.95. The number of ketones is 1. The van der Waals surface area contributed by atoms with Gasteiger partial charge in [-0.1, -0.05) is 31.2 Å². The summed E-state index contributed by atoms with van der Waals surface area (Å²) in [6.45, 7) is 2.12. The zero-order valence-electron chi connectivity index (χ0n) is 16.2. The van der Waals surface area contributed by atoms with Crippen LogP contribution in [0.1, 0.15) is 31.2 Å². The van der Waals surface area contributed by atoms with Gasteiger partial charge in [0.2, 0.25) is 0 Å². The Kier molecular flexibility index (Phi) is 3.95. The lowest BCUT2D eigenvalue weighted by molar-refractivity contribution is -0.117. The third-order valence-electron chi connectivity index (χ3n) is 6.31. The Morgan fingerprint density at radius 3 is 2.66 bits per heavy atom. The number of benzene rings is 1. The van der Waals surface area contributed by atoms with E-state index < -0.39 is 5.41 Å². The highest BCUT2D eigenvalue weighted by Crippen LogP contribution is 2.48. The van der Waals surface area contributed by atoms with Crippen LogP contribution >= 0.6 is 0 Å². The number of rotatable bonds is 2. The van der Waals surface area contributed by atoms with Gasteiger partial charge in [0.1, 0.15) is 11.9 Å². The van der Waals surface area contributed by atoms with Crippen molar-refractivity contribution in [3.05, 3.63) is 77.9 Å². The highest BCUT2D eigenvalue weighted by atomic mass is 16.1. The molecule has 2 unspecified atom stereocenters. The molecule has 0 amide bonds. The maximum atomic E-state index is 12.3. The van der Waals surface area contributed by atoms with Gasteiger partial charge in [-0.25, -0.2) is 4.98 Å². The predicted octanol–water partition coefficient (Wildman–Crippen LogP) is 4.18. The van der Waals surface area contributed by atoms with Crippen molar-refractivity contribution in [1.82, 2.24) is 14.5 Å². The van der Waals surface area contributed by atoms with Gasteiger partial charge < -0.3 is 0 Å². The van der Waals surface area contributed by atoms with E-state index in [1.807, 2.05) is 36.4 Å². The van der Waals surface area contributed by atoms with Gasteiger partial charge in [0.25, 0.3) is 0 Å².